The maximum absolute atomic E-state index is 13.4. The number of halogens is 6. The summed E-state index contributed by atoms with van der Waals surface area (Å²) >= 11 is 38.9. The lowest BCUT2D eigenvalue weighted by atomic mass is 9.85. The summed E-state index contributed by atoms with van der Waals surface area (Å²) < 4.78 is 115. The van der Waals surface area contributed by atoms with Crippen molar-refractivity contribution in [2.75, 3.05) is 196 Å². The molecule has 0 aromatic heterocycles. The number of ether oxygens (including phenoxy) is 6. The molecule has 0 unspecified atom stereocenters. The molecule has 0 saturated heterocycles. The number of hydrogen-bond donors (Lipinski definition) is 6. The summed E-state index contributed by atoms with van der Waals surface area (Å²) in [6, 6.07) is 31.1. The molecule has 115 heavy (non-hydrogen) atoms. The molecule has 3 atom stereocenters. The van der Waals surface area contributed by atoms with Gasteiger partial charge in [0, 0.05) is 146 Å². The van der Waals surface area contributed by atoms with E-state index in [9.17, 15) is 39.6 Å². The van der Waals surface area contributed by atoms with Crippen molar-refractivity contribution in [1.29, 1.82) is 0 Å². The zero-order valence-corrected chi connectivity index (χ0v) is 72.5. The number of amides is 6. The zero-order chi connectivity index (χ0) is 82.3. The molecule has 0 saturated carbocycles. The Morgan fingerprint density at radius 1 is 0.357 bits per heavy atom. The molecule has 3 aliphatic heterocycles. The Labute approximate surface area is 707 Å². The van der Waals surface area contributed by atoms with Gasteiger partial charge in [0.15, 0.2) is 29.5 Å². The van der Waals surface area contributed by atoms with Crippen LogP contribution in [0.4, 0.5) is 14.4 Å². The number of rotatable bonds is 48. The van der Waals surface area contributed by atoms with Gasteiger partial charge in [-0.25, -0.2) is 39.6 Å². The smallest absolute Gasteiger partial charge is 0.314 e. The van der Waals surface area contributed by atoms with Crippen molar-refractivity contribution in [3.63, 3.8) is 0 Å². The normalized spacial score (nSPS) is 16.1. The van der Waals surface area contributed by atoms with Crippen LogP contribution in [0.15, 0.2) is 124 Å². The van der Waals surface area contributed by atoms with Crippen LogP contribution in [0.25, 0.3) is 0 Å². The van der Waals surface area contributed by atoms with Gasteiger partial charge in [0.25, 0.3) is 0 Å². The number of fused-ring (bicyclic) bond motifs is 3. The number of nitrogens with one attached hydrogen (secondary N) is 6. The van der Waals surface area contributed by atoms with E-state index in [-0.39, 0.29) is 167 Å². The fourth-order valence-electron chi connectivity index (χ4n) is 14.3. The van der Waals surface area contributed by atoms with Gasteiger partial charge < -0.3 is 79.9 Å². The van der Waals surface area contributed by atoms with Gasteiger partial charge in [0.2, 0.25) is 0 Å². The number of nitrogens with zero attached hydrogens (tertiary/aromatic N) is 4. The third-order valence-electron chi connectivity index (χ3n) is 20.0. The van der Waals surface area contributed by atoms with Crippen molar-refractivity contribution in [2.45, 2.75) is 90.6 Å². The number of urea groups is 3. The minimum Gasteiger partial charge on any atom is -0.379 e. The SMILES string of the molecule is CN1Cc2c(Cl)cc(Cl)cc2[C@H](c2cccc(S(=O)(=O)CCCOCCOCCNC(=O)NCCCN(CCCNC(=O)NCCOCCOCCCS(=O)(=O)c3cccc([C@@H]4CN(C)Cc5c(Cl)cc(Cl)cc54)c3)CCCNC(=O)NCCOCCOCCCS(=O)(=O)c3cccc([C@@H]4CN(C)Cc5c(Cl)cc(Cl)cc54)c3)c2)C1. The lowest BCUT2D eigenvalue weighted by Crippen LogP contribution is -2.41. The predicted molar refractivity (Wildman–Crippen MR) is 453 cm³/mol. The van der Waals surface area contributed by atoms with Crippen molar-refractivity contribution in [2.24, 2.45) is 0 Å². The van der Waals surface area contributed by atoms with Gasteiger partial charge in [-0.2, -0.15) is 0 Å². The Morgan fingerprint density at radius 3 is 0.896 bits per heavy atom. The Hall–Kier alpha value is -5.68. The van der Waals surface area contributed by atoms with Crippen LogP contribution in [0.1, 0.15) is 106 Å². The molecule has 6 amide bonds. The van der Waals surface area contributed by atoms with Gasteiger partial charge in [0.1, 0.15) is 0 Å². The molecule has 6 N–H and O–H groups in total. The third-order valence-corrected chi connectivity index (χ3v) is 27.0. The molecule has 6 aromatic carbocycles. The van der Waals surface area contributed by atoms with Crippen LogP contribution >= 0.6 is 69.6 Å². The molecule has 3 heterocycles. The van der Waals surface area contributed by atoms with Crippen molar-refractivity contribution in [3.8, 4) is 0 Å². The predicted octanol–water partition coefficient (Wildman–Crippen LogP) is 11.7. The topological polar surface area (TPSA) is 294 Å². The van der Waals surface area contributed by atoms with E-state index in [0.717, 1.165) is 50.1 Å². The van der Waals surface area contributed by atoms with E-state index in [2.05, 4.69) is 51.5 Å². The summed E-state index contributed by atoms with van der Waals surface area (Å²) in [6.07, 6.45) is 2.74. The summed E-state index contributed by atoms with van der Waals surface area (Å²) in [4.78, 5) is 47.6. The molecule has 9 rings (SSSR count). The van der Waals surface area contributed by atoms with E-state index in [0.29, 0.717) is 147 Å². The Balaban J connectivity index is 0.614. The Morgan fingerprint density at radius 2 is 0.617 bits per heavy atom. The molecule has 0 radical (unpaired) electrons. The average Bonchev–Trinajstić information content (AvgIpc) is 0.783. The lowest BCUT2D eigenvalue weighted by Gasteiger charge is -2.33. The summed E-state index contributed by atoms with van der Waals surface area (Å²) in [5, 5.41) is 20.4. The van der Waals surface area contributed by atoms with Crippen molar-refractivity contribution >= 4 is 117 Å². The fraction of sp³-hybridized carbons (Fsp3) is 0.519. The average molecular weight is 1770 g/mol. The quantitative estimate of drug-likeness (QED) is 0.0193. The van der Waals surface area contributed by atoms with Gasteiger partial charge in [0.05, 0.1) is 91.4 Å². The highest BCUT2D eigenvalue weighted by molar-refractivity contribution is 7.92. The molecular formula is C81H108Cl6N10O15S3. The number of carbonyl (C=O) groups excluding carboxylic acids is 3. The third kappa shape index (κ3) is 30.2. The second kappa shape index (κ2) is 47.4. The second-order valence-electron chi connectivity index (χ2n) is 29.0. The highest BCUT2D eigenvalue weighted by Gasteiger charge is 2.32. The number of carbonyl (C=O) groups is 3. The van der Waals surface area contributed by atoms with Crippen molar-refractivity contribution in [1.82, 2.24) is 51.5 Å². The van der Waals surface area contributed by atoms with Gasteiger partial charge in [-0.05, 0) is 202 Å². The fourth-order valence-corrected chi connectivity index (χ4v) is 20.0. The largest absolute Gasteiger partial charge is 0.379 e. The maximum atomic E-state index is 13.4. The van der Waals surface area contributed by atoms with E-state index in [1.54, 1.807) is 72.8 Å². The van der Waals surface area contributed by atoms with Crippen LogP contribution < -0.4 is 31.9 Å². The summed E-state index contributed by atoms with van der Waals surface area (Å²) in [5.74, 6) is -0.535. The first-order valence-corrected chi connectivity index (χ1v) is 46.2. The van der Waals surface area contributed by atoms with E-state index in [1.807, 2.05) is 57.5 Å². The van der Waals surface area contributed by atoms with Gasteiger partial charge in [-0.1, -0.05) is 106 Å². The number of benzene rings is 6. The van der Waals surface area contributed by atoms with Crippen LogP contribution in [0, 0.1) is 0 Å². The highest BCUT2D eigenvalue weighted by atomic mass is 35.5. The highest BCUT2D eigenvalue weighted by Crippen LogP contribution is 2.42. The van der Waals surface area contributed by atoms with E-state index in [4.69, 9.17) is 98.0 Å². The van der Waals surface area contributed by atoms with Crippen LogP contribution in [-0.4, -0.2) is 259 Å². The standard InChI is InChI=1S/C81H108Cl6N10O15S3/c1-94-52-70(67-46-61(82)49-76(85)73(67)55-94)58-13-4-16-64(43-58)113(101,102)40-10-28-107-34-37-110-31-22-91-79(98)88-19-7-25-97(26-8-20-89-80(99)92-23-32-111-38-35-108-29-11-41-114(103,104)65-17-5-14-59(44-65)71-53-95(2)56-74-68(71)47-62(83)50-77(74)86)27-9-21-90-81(100)93-24-33-112-39-36-109-30-12-42-115(105,106)66-18-6-15-60(45-66)72-54-96(3)57-75-69(72)48-63(84)51-78(75)87/h4-6,13-18,43-51,70-72H,7-12,19-42,52-57H2,1-3H3,(H2,88,91,98)(H2,89,92,99)(H2,90,93,100)/t70-,71-,72-/m0/s1. The van der Waals surface area contributed by atoms with Crippen LogP contribution in [-0.2, 0) is 77.6 Å². The van der Waals surface area contributed by atoms with Crippen LogP contribution in [0.3, 0.4) is 0 Å². The Bertz CT molecular complexity index is 4080. The number of hydrogen-bond acceptors (Lipinski definition) is 19. The number of sulfone groups is 3. The van der Waals surface area contributed by atoms with Gasteiger partial charge >= 0.3 is 18.1 Å². The van der Waals surface area contributed by atoms with Crippen LogP contribution in [0.2, 0.25) is 30.1 Å². The van der Waals surface area contributed by atoms with E-state index >= 15 is 0 Å². The maximum Gasteiger partial charge on any atom is 0.314 e. The molecule has 0 spiro atoms. The van der Waals surface area contributed by atoms with E-state index < -0.39 is 29.5 Å². The molecular weight excluding hydrogens is 1660 g/mol. The minimum absolute atomic E-state index is 0.0837. The van der Waals surface area contributed by atoms with Gasteiger partial charge in [-0.3, -0.25) is 0 Å². The van der Waals surface area contributed by atoms with E-state index in [1.165, 1.54) is 0 Å². The van der Waals surface area contributed by atoms with Crippen molar-refractivity contribution in [3.05, 3.63) is 189 Å². The Kier molecular flexibility index (Phi) is 38.4. The first kappa shape index (κ1) is 93.2. The van der Waals surface area contributed by atoms with Gasteiger partial charge in [-0.15, -0.1) is 0 Å². The van der Waals surface area contributed by atoms with Crippen molar-refractivity contribution < 1.29 is 68.1 Å². The molecule has 6 aromatic rings. The lowest BCUT2D eigenvalue weighted by molar-refractivity contribution is 0.0498. The molecule has 632 valence electrons. The zero-order valence-electron chi connectivity index (χ0n) is 65.5. The molecule has 3 aliphatic rings. The summed E-state index contributed by atoms with van der Waals surface area (Å²) in [5.41, 5.74) is 8.59. The molecule has 25 nitrogen and oxygen atoms in total. The molecule has 0 fully saturated rings. The first-order valence-electron chi connectivity index (χ1n) is 38.9. The van der Waals surface area contributed by atoms with Crippen LogP contribution in [0.5, 0.6) is 0 Å². The first-order chi connectivity index (χ1) is 55.2. The monoisotopic (exact) mass is 1770 g/mol. The summed E-state index contributed by atoms with van der Waals surface area (Å²) in [6.45, 7) is 10.8. The minimum atomic E-state index is -3.60. The second-order valence-corrected chi connectivity index (χ2v) is 37.8. The molecule has 0 bridgehead atoms. The number of likely N-dealkylation sites (N-methyl/N-ethyl adjacent to an activating group) is 3. The molecule has 0 aliphatic carbocycles. The molecule has 34 heteroatoms. The summed E-state index contributed by atoms with van der Waals surface area (Å²) in [7, 11) is -4.77.